The van der Waals surface area contributed by atoms with Crippen LogP contribution in [0.3, 0.4) is 0 Å². The molecule has 1 aromatic carbocycles. The molecule has 0 bridgehead atoms. The second-order valence-electron chi connectivity index (χ2n) is 3.74. The highest BCUT2D eigenvalue weighted by molar-refractivity contribution is 14.1. The number of nitro groups is 1. The zero-order chi connectivity index (χ0) is 12.8. The number of aliphatic hydroxyl groups excluding tert-OH is 1. The van der Waals surface area contributed by atoms with E-state index in [9.17, 15) is 15.2 Å². The van der Waals surface area contributed by atoms with Crippen LogP contribution in [0.25, 0.3) is 0 Å². The fraction of sp³-hybridized carbons (Fsp3) is 0.455. The summed E-state index contributed by atoms with van der Waals surface area (Å²) in [5.41, 5.74) is 0.889. The van der Waals surface area contributed by atoms with Crippen LogP contribution in [0.15, 0.2) is 18.2 Å². The van der Waals surface area contributed by atoms with Crippen LogP contribution < -0.4 is 5.32 Å². The molecule has 1 atom stereocenters. The smallest absolute Gasteiger partial charge is 0.270 e. The molecule has 0 spiro atoms. The Bertz CT molecular complexity index is 398. The number of rotatable bonds is 6. The average molecular weight is 350 g/mol. The molecule has 0 radical (unpaired) electrons. The van der Waals surface area contributed by atoms with Gasteiger partial charge in [0.15, 0.2) is 0 Å². The average Bonchev–Trinajstić information content (AvgIpc) is 2.27. The maximum absolute atomic E-state index is 10.6. The summed E-state index contributed by atoms with van der Waals surface area (Å²) >= 11 is 2.04. The van der Waals surface area contributed by atoms with Gasteiger partial charge in [0.2, 0.25) is 0 Å². The summed E-state index contributed by atoms with van der Waals surface area (Å²) in [6.07, 6.45) is 1.29. The molecule has 0 aliphatic carbocycles. The summed E-state index contributed by atoms with van der Waals surface area (Å²) in [6.45, 7) is 2.47. The highest BCUT2D eigenvalue weighted by Crippen LogP contribution is 2.23. The maximum atomic E-state index is 10.6. The van der Waals surface area contributed by atoms with Crippen LogP contribution >= 0.6 is 22.6 Å². The van der Waals surface area contributed by atoms with Gasteiger partial charge >= 0.3 is 0 Å². The Morgan fingerprint density at radius 3 is 2.82 bits per heavy atom. The highest BCUT2D eigenvalue weighted by Gasteiger charge is 2.09. The number of nitrogens with zero attached hydrogens (tertiary/aromatic N) is 1. The molecule has 0 saturated carbocycles. The Hall–Kier alpha value is -0.890. The van der Waals surface area contributed by atoms with E-state index in [-0.39, 0.29) is 11.8 Å². The Labute approximate surface area is 114 Å². The quantitative estimate of drug-likeness (QED) is 0.470. The van der Waals surface area contributed by atoms with E-state index in [1.165, 1.54) is 12.1 Å². The van der Waals surface area contributed by atoms with Crippen molar-refractivity contribution >= 4 is 34.0 Å². The molecule has 0 aromatic heterocycles. The van der Waals surface area contributed by atoms with Gasteiger partial charge in [-0.05, 0) is 35.1 Å². The Morgan fingerprint density at radius 1 is 1.59 bits per heavy atom. The van der Waals surface area contributed by atoms with Gasteiger partial charge < -0.3 is 10.4 Å². The van der Waals surface area contributed by atoms with Crippen molar-refractivity contribution in [3.8, 4) is 0 Å². The van der Waals surface area contributed by atoms with Crippen LogP contribution in [-0.2, 0) is 0 Å². The molecule has 6 heteroatoms. The van der Waals surface area contributed by atoms with Gasteiger partial charge in [-0.3, -0.25) is 10.1 Å². The first kappa shape index (κ1) is 14.2. The summed E-state index contributed by atoms with van der Waals surface area (Å²) in [6, 6.07) is 4.63. The largest absolute Gasteiger partial charge is 0.391 e. The van der Waals surface area contributed by atoms with Gasteiger partial charge in [0, 0.05) is 27.9 Å². The van der Waals surface area contributed by atoms with Crippen LogP contribution in [0.1, 0.15) is 19.8 Å². The lowest BCUT2D eigenvalue weighted by Gasteiger charge is -2.12. The number of hydrogen-bond acceptors (Lipinski definition) is 4. The van der Waals surface area contributed by atoms with E-state index < -0.39 is 4.92 Å². The van der Waals surface area contributed by atoms with E-state index in [2.05, 4.69) is 5.32 Å². The predicted octanol–water partition coefficient (Wildman–Crippen LogP) is 2.77. The molecule has 1 unspecified atom stereocenters. The van der Waals surface area contributed by atoms with Crippen LogP contribution in [-0.4, -0.2) is 22.7 Å². The zero-order valence-electron chi connectivity index (χ0n) is 9.52. The Kier molecular flexibility index (Phi) is 5.63. The SMILES string of the molecule is CCCC(O)CNc1ccc([N+](=O)[O-])cc1I. The third-order valence-corrected chi connectivity index (χ3v) is 3.21. The van der Waals surface area contributed by atoms with Gasteiger partial charge in [0.05, 0.1) is 11.0 Å². The van der Waals surface area contributed by atoms with Crippen LogP contribution in [0.4, 0.5) is 11.4 Å². The number of benzene rings is 1. The minimum absolute atomic E-state index is 0.0778. The van der Waals surface area contributed by atoms with Gasteiger partial charge in [-0.15, -0.1) is 0 Å². The molecule has 1 rings (SSSR count). The number of non-ortho nitro benzene ring substituents is 1. The molecule has 17 heavy (non-hydrogen) atoms. The lowest BCUT2D eigenvalue weighted by Crippen LogP contribution is -2.19. The number of nitrogens with one attached hydrogen (secondary N) is 1. The van der Waals surface area contributed by atoms with Crippen molar-refractivity contribution in [2.45, 2.75) is 25.9 Å². The van der Waals surface area contributed by atoms with Crippen molar-refractivity contribution in [3.05, 3.63) is 31.9 Å². The van der Waals surface area contributed by atoms with Gasteiger partial charge in [-0.1, -0.05) is 13.3 Å². The molecule has 2 N–H and O–H groups in total. The topological polar surface area (TPSA) is 75.4 Å². The minimum Gasteiger partial charge on any atom is -0.391 e. The van der Waals surface area contributed by atoms with Gasteiger partial charge in [-0.2, -0.15) is 0 Å². The van der Waals surface area contributed by atoms with Crippen LogP contribution in [0.2, 0.25) is 0 Å². The van der Waals surface area contributed by atoms with Crippen molar-refractivity contribution in [1.29, 1.82) is 0 Å². The van der Waals surface area contributed by atoms with Crippen molar-refractivity contribution in [2.24, 2.45) is 0 Å². The number of hydrogen-bond donors (Lipinski definition) is 2. The maximum Gasteiger partial charge on any atom is 0.270 e. The van der Waals surface area contributed by atoms with E-state index in [1.807, 2.05) is 29.5 Å². The summed E-state index contributed by atoms with van der Waals surface area (Å²) < 4.78 is 0.778. The molecule has 0 heterocycles. The lowest BCUT2D eigenvalue weighted by atomic mass is 10.2. The monoisotopic (exact) mass is 350 g/mol. The zero-order valence-corrected chi connectivity index (χ0v) is 11.7. The third-order valence-electron chi connectivity index (χ3n) is 2.31. The van der Waals surface area contributed by atoms with Crippen molar-refractivity contribution < 1.29 is 10.0 Å². The molecule has 94 valence electrons. The second kappa shape index (κ2) is 6.75. The molecule has 0 saturated heterocycles. The first-order valence-electron chi connectivity index (χ1n) is 5.40. The minimum atomic E-state index is -0.419. The van der Waals surface area contributed by atoms with Gasteiger partial charge in [0.25, 0.3) is 5.69 Å². The molecular weight excluding hydrogens is 335 g/mol. The summed E-state index contributed by atoms with van der Waals surface area (Å²) in [4.78, 5) is 10.1. The van der Waals surface area contributed by atoms with Gasteiger partial charge in [0.1, 0.15) is 0 Å². The fourth-order valence-electron chi connectivity index (χ4n) is 1.42. The number of anilines is 1. The van der Waals surface area contributed by atoms with E-state index in [0.29, 0.717) is 6.54 Å². The first-order chi connectivity index (χ1) is 8.04. The molecule has 1 aromatic rings. The molecule has 0 aliphatic heterocycles. The summed E-state index contributed by atoms with van der Waals surface area (Å²) in [5.74, 6) is 0. The lowest BCUT2D eigenvalue weighted by molar-refractivity contribution is -0.384. The molecule has 5 nitrogen and oxygen atoms in total. The highest BCUT2D eigenvalue weighted by atomic mass is 127. The van der Waals surface area contributed by atoms with E-state index in [4.69, 9.17) is 0 Å². The molecule has 0 amide bonds. The fourth-order valence-corrected chi connectivity index (χ4v) is 2.11. The van der Waals surface area contributed by atoms with E-state index in [1.54, 1.807) is 6.07 Å². The van der Waals surface area contributed by atoms with Gasteiger partial charge in [-0.25, -0.2) is 0 Å². The van der Waals surface area contributed by atoms with Crippen molar-refractivity contribution in [2.75, 3.05) is 11.9 Å². The summed E-state index contributed by atoms with van der Waals surface area (Å²) in [5, 5.41) is 23.2. The number of aliphatic hydroxyl groups is 1. The third kappa shape index (κ3) is 4.47. The normalized spacial score (nSPS) is 12.2. The van der Waals surface area contributed by atoms with E-state index in [0.717, 1.165) is 22.1 Å². The predicted molar refractivity (Wildman–Crippen MR) is 75.2 cm³/mol. The Morgan fingerprint density at radius 2 is 2.29 bits per heavy atom. The van der Waals surface area contributed by atoms with Crippen LogP contribution in [0, 0.1) is 13.7 Å². The van der Waals surface area contributed by atoms with E-state index >= 15 is 0 Å². The summed E-state index contributed by atoms with van der Waals surface area (Å²) in [7, 11) is 0. The number of nitro benzene ring substituents is 1. The second-order valence-corrected chi connectivity index (χ2v) is 4.91. The standard InChI is InChI=1S/C11H15IN2O3/c1-2-3-9(15)7-13-11-5-4-8(14(16)17)6-10(11)12/h4-6,9,13,15H,2-3,7H2,1H3. The Balaban J connectivity index is 2.63. The number of halogens is 1. The first-order valence-corrected chi connectivity index (χ1v) is 6.48. The molecular formula is C11H15IN2O3. The van der Waals surface area contributed by atoms with Crippen molar-refractivity contribution in [1.82, 2.24) is 0 Å². The van der Waals surface area contributed by atoms with Crippen molar-refractivity contribution in [3.63, 3.8) is 0 Å². The van der Waals surface area contributed by atoms with Crippen LogP contribution in [0.5, 0.6) is 0 Å². The molecule has 0 fully saturated rings. The molecule has 0 aliphatic rings.